The lowest BCUT2D eigenvalue weighted by atomic mass is 9.69. The molecule has 7 heteroatoms. The second kappa shape index (κ2) is 13.5. The van der Waals surface area contributed by atoms with Gasteiger partial charge in [0.15, 0.2) is 0 Å². The fourth-order valence-corrected chi connectivity index (χ4v) is 6.82. The van der Waals surface area contributed by atoms with E-state index in [-0.39, 0.29) is 24.5 Å². The Morgan fingerprint density at radius 2 is 1.85 bits per heavy atom. The highest BCUT2D eigenvalue weighted by molar-refractivity contribution is 5.95. The number of hydrogen-bond donors (Lipinski definition) is 0. The molecule has 1 aromatic heterocycles. The Balaban J connectivity index is 1.37. The van der Waals surface area contributed by atoms with Crippen LogP contribution in [0.15, 0.2) is 34.9 Å². The second-order valence-corrected chi connectivity index (χ2v) is 13.1. The summed E-state index contributed by atoms with van der Waals surface area (Å²) in [4.78, 5) is 28.3. The van der Waals surface area contributed by atoms with Gasteiger partial charge in [0.2, 0.25) is 5.91 Å². The van der Waals surface area contributed by atoms with Crippen molar-refractivity contribution in [1.82, 2.24) is 10.1 Å². The van der Waals surface area contributed by atoms with Crippen molar-refractivity contribution < 1.29 is 23.6 Å². The van der Waals surface area contributed by atoms with Crippen molar-refractivity contribution in [1.29, 1.82) is 0 Å². The number of unbranched alkanes of at least 4 members (excludes halogenated alkanes) is 1. The summed E-state index contributed by atoms with van der Waals surface area (Å²) in [6.45, 7) is 10.2. The Hall–Kier alpha value is -2.67. The quantitative estimate of drug-likeness (QED) is 0.207. The van der Waals surface area contributed by atoms with Crippen molar-refractivity contribution >= 4 is 12.0 Å². The molecule has 1 aliphatic heterocycles. The van der Waals surface area contributed by atoms with Gasteiger partial charge in [-0.1, -0.05) is 69.6 Å². The lowest BCUT2D eigenvalue weighted by molar-refractivity contribution is -0.133. The molecule has 1 aromatic carbocycles. The lowest BCUT2D eigenvalue weighted by Crippen LogP contribution is -2.44. The summed E-state index contributed by atoms with van der Waals surface area (Å²) in [5.41, 5.74) is 3.25. The second-order valence-electron chi connectivity index (χ2n) is 13.1. The van der Waals surface area contributed by atoms with Crippen LogP contribution in [0.4, 0.5) is 4.79 Å². The summed E-state index contributed by atoms with van der Waals surface area (Å²) in [7, 11) is 0. The fourth-order valence-electron chi connectivity index (χ4n) is 6.82. The molecule has 2 aliphatic carbocycles. The number of cyclic esters (lactones) is 1. The van der Waals surface area contributed by atoms with Gasteiger partial charge in [0, 0.05) is 36.5 Å². The van der Waals surface area contributed by atoms with Crippen molar-refractivity contribution in [3.8, 4) is 0 Å². The van der Waals surface area contributed by atoms with Gasteiger partial charge in [-0.25, -0.2) is 9.69 Å². The van der Waals surface area contributed by atoms with E-state index in [0.29, 0.717) is 43.8 Å². The first kappa shape index (κ1) is 29.8. The molecule has 7 nitrogen and oxygen atoms in total. The van der Waals surface area contributed by atoms with Gasteiger partial charge in [-0.3, -0.25) is 4.79 Å². The van der Waals surface area contributed by atoms with Gasteiger partial charge in [-0.15, -0.1) is 0 Å². The Morgan fingerprint density at radius 1 is 1.10 bits per heavy atom. The lowest BCUT2D eigenvalue weighted by Gasteiger charge is -2.35. The number of rotatable bonds is 15. The average molecular weight is 565 g/mol. The number of nitrogens with zero attached hydrogens (tertiary/aromatic N) is 2. The predicted molar refractivity (Wildman–Crippen MR) is 158 cm³/mol. The molecule has 5 rings (SSSR count). The molecule has 2 unspecified atom stereocenters. The zero-order valence-corrected chi connectivity index (χ0v) is 25.3. The van der Waals surface area contributed by atoms with Crippen molar-refractivity contribution in [2.24, 2.45) is 17.8 Å². The van der Waals surface area contributed by atoms with Crippen LogP contribution in [0.3, 0.4) is 0 Å². The first-order valence-corrected chi connectivity index (χ1v) is 16.0. The highest BCUT2D eigenvalue weighted by Gasteiger charge is 2.45. The molecule has 3 atom stereocenters. The molecule has 1 saturated heterocycles. The van der Waals surface area contributed by atoms with Gasteiger partial charge >= 0.3 is 6.09 Å². The normalized spacial score (nSPS) is 23.9. The number of carbonyl (C=O) groups is 2. The van der Waals surface area contributed by atoms with Gasteiger partial charge in [-0.05, 0) is 74.7 Å². The zero-order valence-electron chi connectivity index (χ0n) is 25.3. The van der Waals surface area contributed by atoms with Crippen LogP contribution in [-0.2, 0) is 20.7 Å². The first-order valence-electron chi connectivity index (χ1n) is 16.0. The standard InChI is InChI=1S/C34H48N2O5/c1-5-6-15-39-16-14-29(23(4)33(37)36-28(21-40-34(36)38)20-24-10-8-7-9-11-24)31-30(26-12-13-26)32(41-35-31)27-18-25(19-27)17-22(2)3/h7-11,22-23,25-29H,5-6,12-21H2,1-4H3/t23?,25?,27?,28-,29?/m1/s1. The molecule has 0 radical (unpaired) electrons. The average Bonchev–Trinajstić information content (AvgIpc) is 3.59. The minimum absolute atomic E-state index is 0.186. The summed E-state index contributed by atoms with van der Waals surface area (Å²) >= 11 is 0. The van der Waals surface area contributed by atoms with Crippen molar-refractivity contribution in [2.75, 3.05) is 19.8 Å². The van der Waals surface area contributed by atoms with E-state index in [1.807, 2.05) is 37.3 Å². The largest absolute Gasteiger partial charge is 0.447 e. The Kier molecular flexibility index (Phi) is 9.84. The maximum atomic E-state index is 14.1. The smallest absolute Gasteiger partial charge is 0.416 e. The summed E-state index contributed by atoms with van der Waals surface area (Å²) in [5.74, 6) is 2.57. The van der Waals surface area contributed by atoms with Crippen LogP contribution in [0.25, 0.3) is 0 Å². The molecule has 0 bridgehead atoms. The van der Waals surface area contributed by atoms with Crippen LogP contribution in [0.1, 0.15) is 119 Å². The number of carbonyl (C=O) groups excluding carboxylic acids is 2. The van der Waals surface area contributed by atoms with Crippen LogP contribution in [0, 0.1) is 17.8 Å². The summed E-state index contributed by atoms with van der Waals surface area (Å²) in [6, 6.07) is 9.66. The number of aromatic nitrogens is 1. The van der Waals surface area contributed by atoms with Gasteiger partial charge in [-0.2, -0.15) is 0 Å². The maximum Gasteiger partial charge on any atom is 0.416 e. The van der Waals surface area contributed by atoms with Crippen molar-refractivity contribution in [3.63, 3.8) is 0 Å². The van der Waals surface area contributed by atoms with E-state index in [1.54, 1.807) is 0 Å². The van der Waals surface area contributed by atoms with Crippen molar-refractivity contribution in [3.05, 3.63) is 52.9 Å². The topological polar surface area (TPSA) is 81.9 Å². The number of imide groups is 1. The van der Waals surface area contributed by atoms with E-state index in [4.69, 9.17) is 19.2 Å². The third-order valence-corrected chi connectivity index (χ3v) is 9.25. The first-order chi connectivity index (χ1) is 19.9. The molecule has 0 N–H and O–H groups in total. The molecule has 3 fully saturated rings. The van der Waals surface area contributed by atoms with Crippen LogP contribution >= 0.6 is 0 Å². The Bertz CT molecular complexity index is 1150. The van der Waals surface area contributed by atoms with E-state index >= 15 is 0 Å². The predicted octanol–water partition coefficient (Wildman–Crippen LogP) is 7.61. The van der Waals surface area contributed by atoms with Gasteiger partial charge in [0.05, 0.1) is 11.7 Å². The van der Waals surface area contributed by atoms with E-state index in [0.717, 1.165) is 61.5 Å². The van der Waals surface area contributed by atoms with Gasteiger partial charge in [0.25, 0.3) is 0 Å². The van der Waals surface area contributed by atoms with E-state index in [9.17, 15) is 9.59 Å². The highest BCUT2D eigenvalue weighted by Crippen LogP contribution is 2.53. The van der Waals surface area contributed by atoms with Gasteiger partial charge < -0.3 is 14.0 Å². The molecule has 224 valence electrons. The summed E-state index contributed by atoms with van der Waals surface area (Å²) in [6.07, 6.45) is 8.65. The molecule has 41 heavy (non-hydrogen) atoms. The number of ether oxygens (including phenoxy) is 2. The van der Waals surface area contributed by atoms with Crippen LogP contribution in [-0.4, -0.2) is 47.9 Å². The van der Waals surface area contributed by atoms with Crippen molar-refractivity contribution in [2.45, 2.75) is 109 Å². The fraction of sp³-hybridized carbons (Fsp3) is 0.676. The van der Waals surface area contributed by atoms with Crippen LogP contribution in [0.5, 0.6) is 0 Å². The Labute approximate surface area is 245 Å². The summed E-state index contributed by atoms with van der Waals surface area (Å²) in [5, 5.41) is 4.70. The minimum Gasteiger partial charge on any atom is -0.447 e. The highest BCUT2D eigenvalue weighted by atomic mass is 16.6. The SMILES string of the molecule is CCCCOCCC(c1noc(C2CC(CC(C)C)C2)c1C1CC1)C(C)C(=O)N1C(=O)OC[C@H]1Cc1ccccc1. The summed E-state index contributed by atoms with van der Waals surface area (Å²) < 4.78 is 17.5. The third-order valence-electron chi connectivity index (χ3n) is 9.25. The zero-order chi connectivity index (χ0) is 28.9. The van der Waals surface area contributed by atoms with Crippen LogP contribution < -0.4 is 0 Å². The molecule has 2 aromatic rings. The molecule has 2 heterocycles. The molecule has 2 amide bonds. The molecule has 3 aliphatic rings. The molecular formula is C34H48N2O5. The van der Waals surface area contributed by atoms with Gasteiger partial charge in [0.1, 0.15) is 12.4 Å². The van der Waals surface area contributed by atoms with E-state index in [2.05, 4.69) is 20.8 Å². The minimum atomic E-state index is -0.547. The monoisotopic (exact) mass is 564 g/mol. The maximum absolute atomic E-state index is 14.1. The number of amides is 2. The molecule has 2 saturated carbocycles. The van der Waals surface area contributed by atoms with E-state index in [1.165, 1.54) is 16.9 Å². The number of benzene rings is 1. The van der Waals surface area contributed by atoms with E-state index < -0.39 is 12.0 Å². The number of hydrogen-bond acceptors (Lipinski definition) is 6. The van der Waals surface area contributed by atoms with Crippen LogP contribution in [0.2, 0.25) is 0 Å². The molecule has 0 spiro atoms. The Morgan fingerprint density at radius 3 is 2.54 bits per heavy atom. The third kappa shape index (κ3) is 7.04. The molecular weight excluding hydrogens is 516 g/mol.